The van der Waals surface area contributed by atoms with Gasteiger partial charge in [0.2, 0.25) is 5.91 Å². The fourth-order valence-electron chi connectivity index (χ4n) is 9.64. The van der Waals surface area contributed by atoms with E-state index >= 15 is 0 Å². The highest BCUT2D eigenvalue weighted by Gasteiger charge is 2.20. The van der Waals surface area contributed by atoms with Gasteiger partial charge in [-0.3, -0.25) is 9.59 Å². The molecule has 6 nitrogen and oxygen atoms in total. The van der Waals surface area contributed by atoms with Crippen molar-refractivity contribution in [3.63, 3.8) is 0 Å². The smallest absolute Gasteiger partial charge is 0.305 e. The molecule has 398 valence electrons. The Morgan fingerprint density at radius 2 is 0.701 bits per heavy atom. The number of hydrogen-bond donors (Lipinski definition) is 3. The lowest BCUT2D eigenvalue weighted by Gasteiger charge is -2.22. The van der Waals surface area contributed by atoms with Crippen LogP contribution in [0.15, 0.2) is 12.2 Å². The van der Waals surface area contributed by atoms with Crippen molar-refractivity contribution in [3.8, 4) is 0 Å². The van der Waals surface area contributed by atoms with Gasteiger partial charge in [0.05, 0.1) is 25.4 Å². The van der Waals surface area contributed by atoms with E-state index in [2.05, 4.69) is 31.3 Å². The largest absolute Gasteiger partial charge is 0.466 e. The van der Waals surface area contributed by atoms with Crippen LogP contribution < -0.4 is 5.32 Å². The average Bonchev–Trinajstić information content (AvgIpc) is 3.33. The Kier molecular flexibility index (Phi) is 56.0. The number of aliphatic hydroxyl groups excluding tert-OH is 2. The first kappa shape index (κ1) is 65.6. The van der Waals surface area contributed by atoms with Gasteiger partial charge in [-0.15, -0.1) is 0 Å². The van der Waals surface area contributed by atoms with Crippen molar-refractivity contribution in [3.05, 3.63) is 12.2 Å². The van der Waals surface area contributed by atoms with Crippen molar-refractivity contribution >= 4 is 11.9 Å². The van der Waals surface area contributed by atoms with E-state index in [1.165, 1.54) is 250 Å². The first-order chi connectivity index (χ1) is 33.0. The SMILES string of the molecule is CCCCCCCC/C=C\CCCCCCCCCCCC(=O)OCCCCCCCCCCCC(=O)NC(CO)C(O)CCCCCCCCCCCCCCCCCCCCCCCC. The molecule has 0 aliphatic heterocycles. The number of amides is 1. The van der Waals surface area contributed by atoms with Crippen molar-refractivity contribution in [2.75, 3.05) is 13.2 Å². The van der Waals surface area contributed by atoms with Crippen LogP contribution >= 0.6 is 0 Å². The minimum Gasteiger partial charge on any atom is -0.466 e. The summed E-state index contributed by atoms with van der Waals surface area (Å²) in [7, 11) is 0. The number of nitrogens with one attached hydrogen (secondary N) is 1. The molecule has 0 fully saturated rings. The van der Waals surface area contributed by atoms with Crippen LogP contribution in [-0.4, -0.2) is 47.4 Å². The molecule has 6 heteroatoms. The van der Waals surface area contributed by atoms with Gasteiger partial charge in [0.1, 0.15) is 0 Å². The summed E-state index contributed by atoms with van der Waals surface area (Å²) in [6, 6.07) is -0.562. The summed E-state index contributed by atoms with van der Waals surface area (Å²) in [5, 5.41) is 23.3. The van der Waals surface area contributed by atoms with Crippen LogP contribution in [0.25, 0.3) is 0 Å². The quantitative estimate of drug-likeness (QED) is 0.0321. The first-order valence-electron chi connectivity index (χ1n) is 30.4. The van der Waals surface area contributed by atoms with Gasteiger partial charge in [-0.05, 0) is 51.4 Å². The maximum atomic E-state index is 12.5. The maximum absolute atomic E-state index is 12.5. The third-order valence-electron chi connectivity index (χ3n) is 14.3. The normalized spacial score (nSPS) is 12.6. The molecule has 0 rings (SSSR count). The Hall–Kier alpha value is -1.40. The molecular weight excluding hydrogens is 827 g/mol. The van der Waals surface area contributed by atoms with Gasteiger partial charge in [0, 0.05) is 12.8 Å². The topological polar surface area (TPSA) is 95.9 Å². The number of ether oxygens (including phenoxy) is 1. The van der Waals surface area contributed by atoms with E-state index in [0.29, 0.717) is 25.9 Å². The van der Waals surface area contributed by atoms with Gasteiger partial charge >= 0.3 is 5.97 Å². The van der Waals surface area contributed by atoms with Crippen molar-refractivity contribution in [1.82, 2.24) is 5.32 Å². The molecule has 0 aliphatic rings. The molecule has 0 saturated heterocycles. The fraction of sp³-hybridized carbons (Fsp3) is 0.934. The van der Waals surface area contributed by atoms with E-state index < -0.39 is 12.1 Å². The maximum Gasteiger partial charge on any atom is 0.305 e. The van der Waals surface area contributed by atoms with E-state index in [4.69, 9.17) is 4.74 Å². The summed E-state index contributed by atoms with van der Waals surface area (Å²) in [6.07, 6.45) is 67.8. The predicted octanol–water partition coefficient (Wildman–Crippen LogP) is 18.9. The molecule has 0 aromatic carbocycles. The van der Waals surface area contributed by atoms with E-state index in [-0.39, 0.29) is 18.5 Å². The second-order valence-corrected chi connectivity index (χ2v) is 21.0. The molecule has 0 radical (unpaired) electrons. The summed E-state index contributed by atoms with van der Waals surface area (Å²) < 4.78 is 5.48. The zero-order valence-corrected chi connectivity index (χ0v) is 45.4. The highest BCUT2D eigenvalue weighted by Crippen LogP contribution is 2.18. The third-order valence-corrected chi connectivity index (χ3v) is 14.3. The number of carbonyl (C=O) groups is 2. The minimum atomic E-state index is -0.682. The number of allylic oxidation sites excluding steroid dienone is 2. The standard InChI is InChI=1S/C61H119NO5/c1-3-5-7-9-11-13-15-17-19-21-23-24-25-27-28-30-32-34-37-41-45-49-53-59(64)58(57-63)62-60(65)54-50-46-42-38-36-40-44-48-52-56-67-61(66)55-51-47-43-39-35-33-31-29-26-22-20-18-16-14-12-10-8-6-4-2/h18,20,58-59,63-64H,3-17,19,21-57H2,1-2H3,(H,62,65)/b20-18-. The van der Waals surface area contributed by atoms with Crippen molar-refractivity contribution in [2.24, 2.45) is 0 Å². The molecule has 2 atom stereocenters. The molecule has 0 heterocycles. The highest BCUT2D eigenvalue weighted by molar-refractivity contribution is 5.76. The number of esters is 1. The zero-order chi connectivity index (χ0) is 48.6. The highest BCUT2D eigenvalue weighted by atomic mass is 16.5. The van der Waals surface area contributed by atoms with Gasteiger partial charge in [0.25, 0.3) is 0 Å². The molecule has 0 aliphatic carbocycles. The van der Waals surface area contributed by atoms with Crippen LogP contribution in [0.3, 0.4) is 0 Å². The number of unbranched alkanes of at least 4 members (excludes halogenated alkanes) is 44. The van der Waals surface area contributed by atoms with E-state index in [0.717, 1.165) is 57.8 Å². The summed E-state index contributed by atoms with van der Waals surface area (Å²) in [4.78, 5) is 24.6. The first-order valence-corrected chi connectivity index (χ1v) is 30.4. The zero-order valence-electron chi connectivity index (χ0n) is 45.4. The summed E-state index contributed by atoms with van der Waals surface area (Å²) in [6.45, 7) is 4.92. The number of carbonyl (C=O) groups excluding carboxylic acids is 2. The Morgan fingerprint density at radius 1 is 0.403 bits per heavy atom. The van der Waals surface area contributed by atoms with Crippen LogP contribution in [0.2, 0.25) is 0 Å². The van der Waals surface area contributed by atoms with E-state index in [9.17, 15) is 19.8 Å². The Morgan fingerprint density at radius 3 is 1.06 bits per heavy atom. The molecule has 0 aromatic heterocycles. The van der Waals surface area contributed by atoms with Gasteiger partial charge in [-0.2, -0.15) is 0 Å². The number of rotatable bonds is 57. The van der Waals surface area contributed by atoms with Crippen LogP contribution in [-0.2, 0) is 14.3 Å². The minimum absolute atomic E-state index is 0.0239. The lowest BCUT2D eigenvalue weighted by Crippen LogP contribution is -2.45. The lowest BCUT2D eigenvalue weighted by atomic mass is 10.0. The lowest BCUT2D eigenvalue weighted by molar-refractivity contribution is -0.143. The Balaban J connectivity index is 3.45. The van der Waals surface area contributed by atoms with Crippen LogP contribution in [0.1, 0.15) is 341 Å². The van der Waals surface area contributed by atoms with Crippen molar-refractivity contribution in [2.45, 2.75) is 353 Å². The Bertz CT molecular complexity index is 1000. The summed E-state index contributed by atoms with van der Waals surface area (Å²) in [5.74, 6) is -0.0823. The molecule has 0 saturated carbocycles. The number of hydrogen-bond acceptors (Lipinski definition) is 5. The molecule has 0 aromatic rings. The number of aliphatic hydroxyl groups is 2. The van der Waals surface area contributed by atoms with Gasteiger partial charge in [-0.25, -0.2) is 0 Å². The molecule has 1 amide bonds. The van der Waals surface area contributed by atoms with E-state index in [1.807, 2.05) is 0 Å². The monoisotopic (exact) mass is 946 g/mol. The van der Waals surface area contributed by atoms with Crippen LogP contribution in [0.5, 0.6) is 0 Å². The molecule has 0 spiro atoms. The van der Waals surface area contributed by atoms with E-state index in [1.54, 1.807) is 0 Å². The molecule has 0 bridgehead atoms. The van der Waals surface area contributed by atoms with Crippen LogP contribution in [0, 0.1) is 0 Å². The fourth-order valence-corrected chi connectivity index (χ4v) is 9.64. The van der Waals surface area contributed by atoms with Crippen molar-refractivity contribution in [1.29, 1.82) is 0 Å². The molecule has 3 N–H and O–H groups in total. The second kappa shape index (κ2) is 57.2. The molecular formula is C61H119NO5. The average molecular weight is 947 g/mol. The van der Waals surface area contributed by atoms with Gasteiger partial charge < -0.3 is 20.3 Å². The van der Waals surface area contributed by atoms with Gasteiger partial charge in [0.15, 0.2) is 0 Å². The second-order valence-electron chi connectivity index (χ2n) is 21.0. The summed E-state index contributed by atoms with van der Waals surface area (Å²) in [5.41, 5.74) is 0. The predicted molar refractivity (Wildman–Crippen MR) is 292 cm³/mol. The van der Waals surface area contributed by atoms with Gasteiger partial charge in [-0.1, -0.05) is 289 Å². The van der Waals surface area contributed by atoms with Crippen LogP contribution in [0.4, 0.5) is 0 Å². The molecule has 2 unspecified atom stereocenters. The Labute approximate surface area is 419 Å². The van der Waals surface area contributed by atoms with Crippen molar-refractivity contribution < 1.29 is 24.5 Å². The molecule has 67 heavy (non-hydrogen) atoms. The summed E-state index contributed by atoms with van der Waals surface area (Å²) >= 11 is 0. The third kappa shape index (κ3) is 53.8.